The number of nitrogens with one attached hydrogen (secondary N) is 1. The third-order valence-corrected chi connectivity index (χ3v) is 1.70. The van der Waals surface area contributed by atoms with Crippen LogP contribution < -0.4 is 10.1 Å². The van der Waals surface area contributed by atoms with Crippen LogP contribution in [0, 0.1) is 11.3 Å². The Balaban J connectivity index is 2.47. The summed E-state index contributed by atoms with van der Waals surface area (Å²) in [7, 11) is 0. The van der Waals surface area contributed by atoms with E-state index in [1.807, 2.05) is 30.3 Å². The molecule has 1 aromatic rings. The number of nitriles is 1. The Bertz CT molecular complexity index is 300. The van der Waals surface area contributed by atoms with Crippen LogP contribution in [0.1, 0.15) is 13.3 Å². The van der Waals surface area contributed by atoms with E-state index in [0.717, 1.165) is 24.5 Å². The molecule has 0 fully saturated rings. The molecule has 0 amide bonds. The van der Waals surface area contributed by atoms with E-state index in [-0.39, 0.29) is 0 Å². The molecule has 0 saturated carbocycles. The van der Waals surface area contributed by atoms with Gasteiger partial charge in [0.05, 0.1) is 12.7 Å². The van der Waals surface area contributed by atoms with Crippen molar-refractivity contribution in [3.8, 4) is 11.8 Å². The van der Waals surface area contributed by atoms with E-state index < -0.39 is 0 Å². The number of nitrogens with zero attached hydrogens (tertiary/aromatic N) is 1. The minimum absolute atomic E-state index is 0.329. The maximum atomic E-state index is 8.36. The molecule has 74 valence electrons. The Hall–Kier alpha value is -1.69. The normalized spacial score (nSPS) is 9.14. The second-order valence-electron chi connectivity index (χ2n) is 2.88. The van der Waals surface area contributed by atoms with Crippen molar-refractivity contribution >= 4 is 5.69 Å². The van der Waals surface area contributed by atoms with Crippen molar-refractivity contribution in [1.82, 2.24) is 0 Å². The zero-order chi connectivity index (χ0) is 10.2. The summed E-state index contributed by atoms with van der Waals surface area (Å²) in [5, 5.41) is 11.3. The summed E-state index contributed by atoms with van der Waals surface area (Å²) in [4.78, 5) is 0. The maximum Gasteiger partial charge on any atom is 0.119 e. The first-order chi connectivity index (χ1) is 6.86. The predicted molar refractivity (Wildman–Crippen MR) is 56.3 cm³/mol. The Morgan fingerprint density at radius 3 is 2.64 bits per heavy atom. The fourth-order valence-electron chi connectivity index (χ4n) is 1.03. The van der Waals surface area contributed by atoms with Crippen LogP contribution in [0.15, 0.2) is 24.3 Å². The summed E-state index contributed by atoms with van der Waals surface area (Å²) in [5.41, 5.74) is 0.940. The first-order valence-corrected chi connectivity index (χ1v) is 4.70. The highest BCUT2D eigenvalue weighted by Gasteiger charge is 1.93. The standard InChI is InChI=1S/C11H14N2O/c1-2-9-14-11-5-3-10(4-6-11)13-8-7-12/h3-6,13H,2,8-9H2,1H3. The van der Waals surface area contributed by atoms with Gasteiger partial charge in [-0.25, -0.2) is 0 Å². The number of rotatable bonds is 5. The minimum atomic E-state index is 0.329. The van der Waals surface area contributed by atoms with Crippen molar-refractivity contribution in [2.45, 2.75) is 13.3 Å². The molecular weight excluding hydrogens is 176 g/mol. The highest BCUT2D eigenvalue weighted by atomic mass is 16.5. The molecule has 0 aromatic heterocycles. The molecule has 0 bridgehead atoms. The Morgan fingerprint density at radius 2 is 2.07 bits per heavy atom. The molecule has 1 N–H and O–H groups in total. The van der Waals surface area contributed by atoms with E-state index in [1.54, 1.807) is 0 Å². The van der Waals surface area contributed by atoms with E-state index in [2.05, 4.69) is 12.2 Å². The van der Waals surface area contributed by atoms with Crippen molar-refractivity contribution in [3.63, 3.8) is 0 Å². The molecular formula is C11H14N2O. The quantitative estimate of drug-likeness (QED) is 0.725. The number of anilines is 1. The first-order valence-electron chi connectivity index (χ1n) is 4.70. The summed E-state index contributed by atoms with van der Waals surface area (Å²) in [6.45, 7) is 3.14. The molecule has 0 saturated heterocycles. The fourth-order valence-corrected chi connectivity index (χ4v) is 1.03. The molecule has 1 rings (SSSR count). The summed E-state index contributed by atoms with van der Waals surface area (Å²) in [5.74, 6) is 0.870. The maximum absolute atomic E-state index is 8.36. The topological polar surface area (TPSA) is 45.0 Å². The van der Waals surface area contributed by atoms with Gasteiger partial charge in [-0.15, -0.1) is 0 Å². The van der Waals surface area contributed by atoms with Gasteiger partial charge in [-0.2, -0.15) is 5.26 Å². The van der Waals surface area contributed by atoms with Crippen LogP contribution >= 0.6 is 0 Å². The highest BCUT2D eigenvalue weighted by molar-refractivity contribution is 5.46. The van der Waals surface area contributed by atoms with Gasteiger partial charge in [0.2, 0.25) is 0 Å². The number of benzene rings is 1. The van der Waals surface area contributed by atoms with Crippen LogP contribution in [0.5, 0.6) is 5.75 Å². The van der Waals surface area contributed by atoms with E-state index in [9.17, 15) is 0 Å². The van der Waals surface area contributed by atoms with Crippen molar-refractivity contribution in [3.05, 3.63) is 24.3 Å². The van der Waals surface area contributed by atoms with E-state index in [1.165, 1.54) is 0 Å². The molecule has 0 spiro atoms. The molecule has 0 aliphatic rings. The lowest BCUT2D eigenvalue weighted by atomic mass is 10.3. The lowest BCUT2D eigenvalue weighted by molar-refractivity contribution is 0.317. The van der Waals surface area contributed by atoms with Gasteiger partial charge in [0.25, 0.3) is 0 Å². The van der Waals surface area contributed by atoms with E-state index in [4.69, 9.17) is 10.00 Å². The number of ether oxygens (including phenoxy) is 1. The summed E-state index contributed by atoms with van der Waals surface area (Å²) < 4.78 is 5.42. The largest absolute Gasteiger partial charge is 0.494 e. The van der Waals surface area contributed by atoms with Crippen molar-refractivity contribution in [2.24, 2.45) is 0 Å². The zero-order valence-corrected chi connectivity index (χ0v) is 8.29. The molecule has 0 aliphatic heterocycles. The lowest BCUT2D eigenvalue weighted by Crippen LogP contribution is -1.98. The molecule has 14 heavy (non-hydrogen) atoms. The number of hydrogen-bond donors (Lipinski definition) is 1. The van der Waals surface area contributed by atoms with Gasteiger partial charge in [-0.3, -0.25) is 0 Å². The first kappa shape index (κ1) is 10.4. The van der Waals surface area contributed by atoms with Crippen molar-refractivity contribution in [2.75, 3.05) is 18.5 Å². The summed E-state index contributed by atoms with van der Waals surface area (Å²) in [6, 6.07) is 9.63. The third kappa shape index (κ3) is 3.36. The van der Waals surface area contributed by atoms with Gasteiger partial charge >= 0.3 is 0 Å². The molecule has 0 unspecified atom stereocenters. The van der Waals surface area contributed by atoms with Crippen LogP contribution in [0.2, 0.25) is 0 Å². The van der Waals surface area contributed by atoms with Gasteiger partial charge in [-0.05, 0) is 30.7 Å². The van der Waals surface area contributed by atoms with Crippen LogP contribution in [0.25, 0.3) is 0 Å². The third-order valence-electron chi connectivity index (χ3n) is 1.70. The van der Waals surface area contributed by atoms with Crippen LogP contribution in [-0.2, 0) is 0 Å². The Labute approximate surface area is 84.3 Å². The fraction of sp³-hybridized carbons (Fsp3) is 0.364. The summed E-state index contributed by atoms with van der Waals surface area (Å²) in [6.07, 6.45) is 1.01. The number of hydrogen-bond acceptors (Lipinski definition) is 3. The second kappa shape index (κ2) is 5.87. The Kier molecular flexibility index (Phi) is 4.36. The lowest BCUT2D eigenvalue weighted by Gasteiger charge is -2.05. The average Bonchev–Trinajstić information content (AvgIpc) is 2.25. The SMILES string of the molecule is CCCOc1ccc(NCC#N)cc1. The van der Waals surface area contributed by atoms with E-state index in [0.29, 0.717) is 6.54 Å². The van der Waals surface area contributed by atoms with E-state index >= 15 is 0 Å². The molecule has 0 aliphatic carbocycles. The predicted octanol–water partition coefficient (Wildman–Crippen LogP) is 2.41. The minimum Gasteiger partial charge on any atom is -0.494 e. The van der Waals surface area contributed by atoms with Gasteiger partial charge in [0.15, 0.2) is 0 Å². The second-order valence-corrected chi connectivity index (χ2v) is 2.88. The van der Waals surface area contributed by atoms with Crippen LogP contribution in [0.4, 0.5) is 5.69 Å². The molecule has 1 aromatic carbocycles. The van der Waals surface area contributed by atoms with Crippen LogP contribution in [0.3, 0.4) is 0 Å². The summed E-state index contributed by atoms with van der Waals surface area (Å²) >= 11 is 0. The van der Waals surface area contributed by atoms with Gasteiger partial charge in [-0.1, -0.05) is 6.92 Å². The van der Waals surface area contributed by atoms with Crippen molar-refractivity contribution < 1.29 is 4.74 Å². The molecule has 3 heteroatoms. The average molecular weight is 190 g/mol. The van der Waals surface area contributed by atoms with Gasteiger partial charge < -0.3 is 10.1 Å². The van der Waals surface area contributed by atoms with Gasteiger partial charge in [0, 0.05) is 5.69 Å². The zero-order valence-electron chi connectivity index (χ0n) is 8.29. The monoisotopic (exact) mass is 190 g/mol. The molecule has 0 atom stereocenters. The van der Waals surface area contributed by atoms with Gasteiger partial charge in [0.1, 0.15) is 12.3 Å². The van der Waals surface area contributed by atoms with Crippen LogP contribution in [-0.4, -0.2) is 13.2 Å². The van der Waals surface area contributed by atoms with Crippen molar-refractivity contribution in [1.29, 1.82) is 5.26 Å². The molecule has 0 radical (unpaired) electrons. The molecule has 3 nitrogen and oxygen atoms in total. The Morgan fingerprint density at radius 1 is 1.36 bits per heavy atom. The molecule has 0 heterocycles. The smallest absolute Gasteiger partial charge is 0.119 e. The highest BCUT2D eigenvalue weighted by Crippen LogP contribution is 2.15.